The number of carbonyl (C=O) groups is 4. The molecule has 0 aliphatic rings. The number of hydrogen-bond acceptors (Lipinski definition) is 8. The van der Waals surface area contributed by atoms with Gasteiger partial charge in [-0.3, -0.25) is 9.59 Å². The molecule has 0 saturated heterocycles. The van der Waals surface area contributed by atoms with Crippen molar-refractivity contribution in [1.82, 2.24) is 5.32 Å². The zero-order valence-electron chi connectivity index (χ0n) is 14.1. The molecule has 0 spiro atoms. The van der Waals surface area contributed by atoms with Gasteiger partial charge in [0, 0.05) is 0 Å². The van der Waals surface area contributed by atoms with E-state index in [4.69, 9.17) is 0 Å². The van der Waals surface area contributed by atoms with Gasteiger partial charge in [0.15, 0.2) is 0 Å². The molecule has 0 aromatic carbocycles. The number of hydrogen-bond donors (Lipinski definition) is 3. The first-order chi connectivity index (χ1) is 13.1. The number of amides is 1. The van der Waals surface area contributed by atoms with Crippen molar-refractivity contribution in [3.05, 3.63) is 0 Å². The Morgan fingerprint density at radius 2 is 1.30 bits per heavy atom. The van der Waals surface area contributed by atoms with E-state index in [1.54, 1.807) is 0 Å². The molecule has 3 atom stereocenters. The standard InChI is InChI=1S/C12H10F9NO8/c1-3(23)9(28,30-8(27)12(19,20)21)4(22-6(25)10(13,14)15)2-5(24)29-7(26)11(16,17)18/h3-4,23,28H,2H2,1H3,(H,22,25). The van der Waals surface area contributed by atoms with Crippen LogP contribution in [0.1, 0.15) is 13.3 Å². The van der Waals surface area contributed by atoms with E-state index in [-0.39, 0.29) is 0 Å². The number of carbonyl (C=O) groups excluding carboxylic acids is 4. The molecule has 30 heavy (non-hydrogen) atoms. The van der Waals surface area contributed by atoms with Crippen molar-refractivity contribution in [3.63, 3.8) is 0 Å². The Hall–Kier alpha value is -2.63. The first-order valence-electron chi connectivity index (χ1n) is 7.02. The van der Waals surface area contributed by atoms with Gasteiger partial charge in [0.1, 0.15) is 12.1 Å². The van der Waals surface area contributed by atoms with Gasteiger partial charge in [-0.05, 0) is 6.92 Å². The second kappa shape index (κ2) is 9.02. The van der Waals surface area contributed by atoms with Gasteiger partial charge in [-0.15, -0.1) is 0 Å². The van der Waals surface area contributed by atoms with Crippen molar-refractivity contribution in [2.45, 2.75) is 49.8 Å². The highest BCUT2D eigenvalue weighted by molar-refractivity contribution is 5.89. The van der Waals surface area contributed by atoms with Gasteiger partial charge in [-0.1, -0.05) is 0 Å². The van der Waals surface area contributed by atoms with Crippen molar-refractivity contribution < 1.29 is 78.4 Å². The second-order valence-electron chi connectivity index (χ2n) is 5.30. The van der Waals surface area contributed by atoms with E-state index in [2.05, 4.69) is 9.47 Å². The molecular weight excluding hydrogens is 457 g/mol. The van der Waals surface area contributed by atoms with Crippen molar-refractivity contribution in [2.75, 3.05) is 0 Å². The molecule has 0 bridgehead atoms. The third-order valence-corrected chi connectivity index (χ3v) is 2.96. The van der Waals surface area contributed by atoms with Crippen LogP contribution < -0.4 is 5.32 Å². The number of alkyl halides is 9. The summed E-state index contributed by atoms with van der Waals surface area (Å²) >= 11 is 0. The molecule has 0 radical (unpaired) electrons. The molecule has 9 nitrogen and oxygen atoms in total. The summed E-state index contributed by atoms with van der Waals surface area (Å²) in [5, 5.41) is 20.0. The van der Waals surface area contributed by atoms with Crippen LogP contribution in [0.15, 0.2) is 0 Å². The molecule has 0 heterocycles. The molecule has 0 aromatic heterocycles. The van der Waals surface area contributed by atoms with Crippen LogP contribution in [0.2, 0.25) is 0 Å². The Morgan fingerprint density at radius 3 is 1.63 bits per heavy atom. The van der Waals surface area contributed by atoms with E-state index in [1.165, 1.54) is 0 Å². The van der Waals surface area contributed by atoms with Crippen molar-refractivity contribution in [3.8, 4) is 0 Å². The largest absolute Gasteiger partial charge is 0.491 e. The first-order valence-corrected chi connectivity index (χ1v) is 7.02. The Kier molecular flexibility index (Phi) is 8.23. The smallest absolute Gasteiger partial charge is 0.421 e. The number of esters is 3. The fourth-order valence-electron chi connectivity index (χ4n) is 1.56. The van der Waals surface area contributed by atoms with E-state index >= 15 is 0 Å². The van der Waals surface area contributed by atoms with Crippen LogP contribution in [0.5, 0.6) is 0 Å². The Labute approximate surface area is 158 Å². The van der Waals surface area contributed by atoms with Crippen LogP contribution in [0.25, 0.3) is 0 Å². The normalized spacial score (nSPS) is 16.7. The highest BCUT2D eigenvalue weighted by Gasteiger charge is 2.55. The molecule has 0 fully saturated rings. The summed E-state index contributed by atoms with van der Waals surface area (Å²) in [7, 11) is 0. The van der Waals surface area contributed by atoms with Crippen molar-refractivity contribution in [2.24, 2.45) is 0 Å². The molecule has 0 aliphatic heterocycles. The van der Waals surface area contributed by atoms with Gasteiger partial charge in [-0.2, -0.15) is 39.5 Å². The molecule has 18 heteroatoms. The number of halogens is 9. The zero-order chi connectivity index (χ0) is 24.3. The maximum Gasteiger partial charge on any atom is 0.491 e. The third kappa shape index (κ3) is 7.65. The lowest BCUT2D eigenvalue weighted by Crippen LogP contribution is -2.63. The van der Waals surface area contributed by atoms with Gasteiger partial charge in [0.25, 0.3) is 5.79 Å². The number of rotatable bonds is 6. The summed E-state index contributed by atoms with van der Waals surface area (Å²) in [5.74, 6) is -16.2. The van der Waals surface area contributed by atoms with Gasteiger partial charge >= 0.3 is 42.3 Å². The minimum Gasteiger partial charge on any atom is -0.421 e. The quantitative estimate of drug-likeness (QED) is 0.219. The number of aliphatic hydroxyl groups excluding tert-OH is 1. The van der Waals surface area contributed by atoms with E-state index in [0.29, 0.717) is 12.2 Å². The molecule has 0 rings (SSSR count). The van der Waals surface area contributed by atoms with Gasteiger partial charge in [-0.25, -0.2) is 9.59 Å². The topological polar surface area (TPSA) is 139 Å². The average Bonchev–Trinajstić information content (AvgIpc) is 2.50. The van der Waals surface area contributed by atoms with Gasteiger partial charge < -0.3 is 25.0 Å². The first kappa shape index (κ1) is 27.4. The summed E-state index contributed by atoms with van der Waals surface area (Å²) in [6, 6.07) is -3.16. The Bertz CT molecular complexity index is 685. The predicted molar refractivity (Wildman–Crippen MR) is 68.5 cm³/mol. The molecule has 3 unspecified atom stereocenters. The summed E-state index contributed by atoms with van der Waals surface area (Å²) < 4.78 is 117. The number of aliphatic hydroxyl groups is 2. The minimum absolute atomic E-state index is 0.322. The lowest BCUT2D eigenvalue weighted by molar-refractivity contribution is -0.281. The van der Waals surface area contributed by atoms with Crippen LogP contribution in [0.4, 0.5) is 39.5 Å². The third-order valence-electron chi connectivity index (χ3n) is 2.96. The predicted octanol–water partition coefficient (Wildman–Crippen LogP) is 0.231. The monoisotopic (exact) mass is 467 g/mol. The van der Waals surface area contributed by atoms with E-state index in [0.717, 1.165) is 0 Å². The van der Waals surface area contributed by atoms with Crippen LogP contribution in [-0.2, 0) is 28.7 Å². The highest BCUT2D eigenvalue weighted by Crippen LogP contribution is 2.28. The van der Waals surface area contributed by atoms with Gasteiger partial charge in [0.05, 0.1) is 6.42 Å². The molecule has 0 saturated carbocycles. The van der Waals surface area contributed by atoms with E-state index in [1.807, 2.05) is 0 Å². The highest BCUT2D eigenvalue weighted by atomic mass is 19.4. The maximum absolute atomic E-state index is 12.4. The SMILES string of the molecule is CC(O)C(O)(OC(=O)C(F)(F)F)C(CC(=O)OC(=O)C(F)(F)F)NC(=O)C(F)(F)F. The molecule has 0 aliphatic carbocycles. The average molecular weight is 467 g/mol. The molecule has 0 aromatic rings. The van der Waals surface area contributed by atoms with E-state index in [9.17, 15) is 68.9 Å². The fraction of sp³-hybridized carbons (Fsp3) is 0.667. The van der Waals surface area contributed by atoms with Crippen LogP contribution >= 0.6 is 0 Å². The molecular formula is C12H10F9NO8. The van der Waals surface area contributed by atoms with Crippen molar-refractivity contribution in [1.29, 1.82) is 0 Å². The van der Waals surface area contributed by atoms with Crippen LogP contribution in [0.3, 0.4) is 0 Å². The number of ether oxygens (including phenoxy) is 2. The lowest BCUT2D eigenvalue weighted by Gasteiger charge is -2.37. The maximum atomic E-state index is 12.4. The molecule has 174 valence electrons. The second-order valence-corrected chi connectivity index (χ2v) is 5.30. The minimum atomic E-state index is -5.91. The molecule has 1 amide bonds. The lowest BCUT2D eigenvalue weighted by atomic mass is 9.98. The summed E-state index contributed by atoms with van der Waals surface area (Å²) in [6.07, 6.45) is -22.4. The van der Waals surface area contributed by atoms with E-state index < -0.39 is 66.7 Å². The van der Waals surface area contributed by atoms with Gasteiger partial charge in [0.2, 0.25) is 0 Å². The van der Waals surface area contributed by atoms with Crippen LogP contribution in [0, 0.1) is 0 Å². The summed E-state index contributed by atoms with van der Waals surface area (Å²) in [6.45, 7) is 0.322. The zero-order valence-corrected chi connectivity index (χ0v) is 14.1. The summed E-state index contributed by atoms with van der Waals surface area (Å²) in [5.41, 5.74) is 0. The number of nitrogens with one attached hydrogen (secondary N) is 1. The molecule has 3 N–H and O–H groups in total. The fourth-order valence-corrected chi connectivity index (χ4v) is 1.56. The van der Waals surface area contributed by atoms with Crippen molar-refractivity contribution >= 4 is 23.8 Å². The Morgan fingerprint density at radius 1 is 0.867 bits per heavy atom. The summed E-state index contributed by atoms with van der Waals surface area (Å²) in [4.78, 5) is 43.8. The van der Waals surface area contributed by atoms with Crippen LogP contribution in [-0.4, -0.2) is 70.5 Å². The Balaban J connectivity index is 5.98.